The van der Waals surface area contributed by atoms with Crippen LogP contribution in [-0.2, 0) is 0 Å². The number of rotatable bonds is 11. The highest BCUT2D eigenvalue weighted by atomic mass is 15.1. The molecule has 30 heavy (non-hydrogen) atoms. The lowest BCUT2D eigenvalue weighted by atomic mass is 9.92. The fourth-order valence-electron chi connectivity index (χ4n) is 4.03. The highest BCUT2D eigenvalue weighted by Gasteiger charge is 2.14. The summed E-state index contributed by atoms with van der Waals surface area (Å²) in [7, 11) is 0. The first-order chi connectivity index (χ1) is 14.2. The van der Waals surface area contributed by atoms with Gasteiger partial charge in [-0.25, -0.2) is 0 Å². The second kappa shape index (κ2) is 11.4. The van der Waals surface area contributed by atoms with E-state index in [4.69, 9.17) is 0 Å². The normalized spacial score (nSPS) is 11.7. The van der Waals surface area contributed by atoms with Crippen LogP contribution in [0.3, 0.4) is 0 Å². The number of benzene rings is 2. The minimum absolute atomic E-state index is 0.509. The average molecular weight is 410 g/mol. The van der Waals surface area contributed by atoms with E-state index in [2.05, 4.69) is 108 Å². The maximum atomic E-state index is 3.71. The Bertz CT molecular complexity index is 671. The zero-order valence-electron chi connectivity index (χ0n) is 20.4. The van der Waals surface area contributed by atoms with Crippen LogP contribution in [0, 0.1) is 0 Å². The monoisotopic (exact) mass is 409 g/mol. The van der Waals surface area contributed by atoms with Crippen LogP contribution in [0.5, 0.6) is 0 Å². The molecule has 2 aromatic carbocycles. The van der Waals surface area contributed by atoms with E-state index in [1.807, 2.05) is 0 Å². The fourth-order valence-corrected chi connectivity index (χ4v) is 4.03. The van der Waals surface area contributed by atoms with E-state index >= 15 is 0 Å². The molecule has 2 rings (SSSR count). The molecule has 0 saturated carbocycles. The van der Waals surface area contributed by atoms with Gasteiger partial charge in [0.2, 0.25) is 0 Å². The Morgan fingerprint density at radius 3 is 1.27 bits per heavy atom. The van der Waals surface area contributed by atoms with Crippen molar-refractivity contribution in [2.45, 2.75) is 79.1 Å². The van der Waals surface area contributed by atoms with Crippen molar-refractivity contribution in [2.75, 3.05) is 30.4 Å². The Labute approximate surface area is 185 Å². The molecule has 0 unspecified atom stereocenters. The van der Waals surface area contributed by atoms with E-state index in [-0.39, 0.29) is 0 Å². The van der Waals surface area contributed by atoms with Gasteiger partial charge in [-0.3, -0.25) is 5.32 Å². The van der Waals surface area contributed by atoms with Gasteiger partial charge in [-0.15, -0.1) is 0 Å². The van der Waals surface area contributed by atoms with Crippen molar-refractivity contribution < 1.29 is 0 Å². The molecule has 0 aliphatic rings. The summed E-state index contributed by atoms with van der Waals surface area (Å²) in [6.45, 7) is 20.7. The Kier molecular flexibility index (Phi) is 9.23. The van der Waals surface area contributed by atoms with E-state index in [0.29, 0.717) is 23.7 Å². The molecular formula is C27H43N3. The highest BCUT2D eigenvalue weighted by Crippen LogP contribution is 2.33. The Morgan fingerprint density at radius 2 is 0.900 bits per heavy atom. The summed E-state index contributed by atoms with van der Waals surface area (Å²) in [5, 5.41) is 10.9. The number of anilines is 2. The lowest BCUT2D eigenvalue weighted by Gasteiger charge is -2.22. The molecule has 2 aromatic rings. The molecule has 0 saturated heterocycles. The number of nitrogens with one attached hydrogen (secondary N) is 3. The Morgan fingerprint density at radius 1 is 0.533 bits per heavy atom. The quantitative estimate of drug-likeness (QED) is 0.270. The van der Waals surface area contributed by atoms with Crippen LogP contribution in [0.2, 0.25) is 0 Å². The van der Waals surface area contributed by atoms with Gasteiger partial charge in [-0.1, -0.05) is 91.8 Å². The largest absolute Gasteiger partial charge is 0.383 e. The third kappa shape index (κ3) is 6.25. The van der Waals surface area contributed by atoms with Crippen molar-refractivity contribution in [2.24, 2.45) is 0 Å². The number of hydrogen-bond donors (Lipinski definition) is 3. The van der Waals surface area contributed by atoms with Crippen LogP contribution in [0.1, 0.15) is 101 Å². The molecule has 0 radical (unpaired) electrons. The molecule has 3 heteroatoms. The summed E-state index contributed by atoms with van der Waals surface area (Å²) in [4.78, 5) is 0. The number of hydrogen-bond acceptors (Lipinski definition) is 3. The van der Waals surface area contributed by atoms with E-state index in [1.165, 1.54) is 33.6 Å². The van der Waals surface area contributed by atoms with Crippen molar-refractivity contribution in [3.63, 3.8) is 0 Å². The van der Waals surface area contributed by atoms with Crippen molar-refractivity contribution in [3.8, 4) is 0 Å². The van der Waals surface area contributed by atoms with Crippen LogP contribution in [0.25, 0.3) is 0 Å². The molecule has 166 valence electrons. The van der Waals surface area contributed by atoms with Crippen LogP contribution in [-0.4, -0.2) is 19.8 Å². The van der Waals surface area contributed by atoms with Gasteiger partial charge < -0.3 is 10.6 Å². The van der Waals surface area contributed by atoms with Gasteiger partial charge in [-0.05, 0) is 45.9 Å². The predicted octanol–water partition coefficient (Wildman–Crippen LogP) is 7.25. The zero-order valence-corrected chi connectivity index (χ0v) is 20.4. The maximum Gasteiger partial charge on any atom is 0.0653 e. The van der Waals surface area contributed by atoms with Gasteiger partial charge >= 0.3 is 0 Å². The smallest absolute Gasteiger partial charge is 0.0653 e. The lowest BCUT2D eigenvalue weighted by molar-refractivity contribution is 0.736. The van der Waals surface area contributed by atoms with Crippen molar-refractivity contribution in [1.29, 1.82) is 0 Å². The molecular weight excluding hydrogens is 366 g/mol. The maximum absolute atomic E-state index is 3.71. The molecule has 0 amide bonds. The molecule has 0 spiro atoms. The summed E-state index contributed by atoms with van der Waals surface area (Å²) in [6, 6.07) is 13.4. The molecule has 0 aromatic heterocycles. The van der Waals surface area contributed by atoms with Crippen molar-refractivity contribution >= 4 is 11.4 Å². The second-order valence-corrected chi connectivity index (χ2v) is 9.52. The third-order valence-electron chi connectivity index (χ3n) is 5.74. The highest BCUT2D eigenvalue weighted by molar-refractivity contribution is 5.61. The molecule has 0 aliphatic heterocycles. The fraction of sp³-hybridized carbons (Fsp3) is 0.556. The van der Waals surface area contributed by atoms with E-state index in [0.717, 1.165) is 19.8 Å². The Hall–Kier alpha value is -2.00. The summed E-state index contributed by atoms with van der Waals surface area (Å²) < 4.78 is 0. The van der Waals surface area contributed by atoms with Crippen LogP contribution >= 0.6 is 0 Å². The first-order valence-electron chi connectivity index (χ1n) is 11.7. The molecule has 0 atom stereocenters. The Balaban J connectivity index is 1.95. The molecule has 0 bridgehead atoms. The lowest BCUT2D eigenvalue weighted by Crippen LogP contribution is -2.28. The number of para-hydroxylation sites is 2. The van der Waals surface area contributed by atoms with E-state index in [1.54, 1.807) is 0 Å². The zero-order chi connectivity index (χ0) is 22.3. The molecule has 3 nitrogen and oxygen atoms in total. The first-order valence-corrected chi connectivity index (χ1v) is 11.7. The first kappa shape index (κ1) is 24.3. The van der Waals surface area contributed by atoms with Crippen LogP contribution < -0.4 is 16.0 Å². The SMILES string of the molecule is CC(C)c1cccc(C(C)C)c1NCCNCNc1c(C(C)C)cccc1C(C)C. The summed E-state index contributed by atoms with van der Waals surface area (Å²) in [5.41, 5.74) is 8.24. The van der Waals surface area contributed by atoms with E-state index in [9.17, 15) is 0 Å². The van der Waals surface area contributed by atoms with Gasteiger partial charge in [-0.2, -0.15) is 0 Å². The molecule has 0 aliphatic carbocycles. The predicted molar refractivity (Wildman–Crippen MR) is 134 cm³/mol. The van der Waals surface area contributed by atoms with Crippen molar-refractivity contribution in [1.82, 2.24) is 5.32 Å². The summed E-state index contributed by atoms with van der Waals surface area (Å²) in [6.07, 6.45) is 0. The standard InChI is InChI=1S/C27H43N3/c1-18(2)22-11-9-12-23(19(3)4)26(22)29-16-15-28-17-30-27-24(20(5)6)13-10-14-25(27)21(7)8/h9-14,18-21,28-30H,15-17H2,1-8H3. The molecule has 0 fully saturated rings. The van der Waals surface area contributed by atoms with Gasteiger partial charge in [0.15, 0.2) is 0 Å². The van der Waals surface area contributed by atoms with Gasteiger partial charge in [0.25, 0.3) is 0 Å². The average Bonchev–Trinajstić information content (AvgIpc) is 2.69. The minimum Gasteiger partial charge on any atom is -0.383 e. The van der Waals surface area contributed by atoms with Gasteiger partial charge in [0.05, 0.1) is 6.67 Å². The molecule has 3 N–H and O–H groups in total. The summed E-state index contributed by atoms with van der Waals surface area (Å²) >= 11 is 0. The minimum atomic E-state index is 0.509. The topological polar surface area (TPSA) is 36.1 Å². The molecule has 0 heterocycles. The summed E-state index contributed by atoms with van der Waals surface area (Å²) in [5.74, 6) is 2.05. The van der Waals surface area contributed by atoms with Gasteiger partial charge in [0.1, 0.15) is 0 Å². The van der Waals surface area contributed by atoms with E-state index < -0.39 is 0 Å². The van der Waals surface area contributed by atoms with Crippen molar-refractivity contribution in [3.05, 3.63) is 58.7 Å². The second-order valence-electron chi connectivity index (χ2n) is 9.52. The van der Waals surface area contributed by atoms with Crippen LogP contribution in [0.15, 0.2) is 36.4 Å². The third-order valence-corrected chi connectivity index (χ3v) is 5.74. The van der Waals surface area contributed by atoms with Crippen LogP contribution in [0.4, 0.5) is 11.4 Å². The van der Waals surface area contributed by atoms with Gasteiger partial charge in [0, 0.05) is 24.5 Å².